The predicted molar refractivity (Wildman–Crippen MR) is 83.0 cm³/mol. The molecule has 0 N–H and O–H groups in total. The van der Waals surface area contributed by atoms with Crippen LogP contribution in [0, 0.1) is 6.92 Å². The Labute approximate surface area is 121 Å². The summed E-state index contributed by atoms with van der Waals surface area (Å²) in [7, 11) is 2.01. The molecular weight excluding hydrogens is 246 g/mol. The predicted octanol–water partition coefficient (Wildman–Crippen LogP) is 3.46. The van der Waals surface area contributed by atoms with Gasteiger partial charge >= 0.3 is 0 Å². The fraction of sp³-hybridized carbons (Fsp3) is 0.471. The van der Waals surface area contributed by atoms with Gasteiger partial charge in [-0.1, -0.05) is 25.1 Å². The molecule has 1 aromatic carbocycles. The highest BCUT2D eigenvalue weighted by molar-refractivity contribution is 5.56. The Kier molecular flexibility index (Phi) is 3.51. The third-order valence-electron chi connectivity index (χ3n) is 4.46. The van der Waals surface area contributed by atoms with E-state index in [1.807, 2.05) is 11.7 Å². The molecule has 1 atom stereocenters. The highest BCUT2D eigenvalue weighted by Gasteiger charge is 2.25. The van der Waals surface area contributed by atoms with Gasteiger partial charge in [0.1, 0.15) is 0 Å². The molecule has 0 radical (unpaired) electrons. The van der Waals surface area contributed by atoms with Crippen molar-refractivity contribution in [1.29, 1.82) is 0 Å². The van der Waals surface area contributed by atoms with Gasteiger partial charge < -0.3 is 4.90 Å². The van der Waals surface area contributed by atoms with Crippen LogP contribution >= 0.6 is 0 Å². The normalized spacial score (nSPS) is 18.1. The molecule has 0 saturated heterocycles. The van der Waals surface area contributed by atoms with Gasteiger partial charge in [0.15, 0.2) is 0 Å². The van der Waals surface area contributed by atoms with Crippen molar-refractivity contribution in [2.24, 2.45) is 7.05 Å². The van der Waals surface area contributed by atoms with Crippen LogP contribution in [0.1, 0.15) is 36.7 Å². The van der Waals surface area contributed by atoms with Crippen molar-refractivity contribution in [1.82, 2.24) is 9.78 Å². The quantitative estimate of drug-likeness (QED) is 0.851. The zero-order valence-corrected chi connectivity index (χ0v) is 12.6. The van der Waals surface area contributed by atoms with E-state index in [-0.39, 0.29) is 0 Å². The second kappa shape index (κ2) is 5.31. The second-order valence-electron chi connectivity index (χ2n) is 5.76. The van der Waals surface area contributed by atoms with Crippen molar-refractivity contribution < 1.29 is 0 Å². The van der Waals surface area contributed by atoms with Crippen LogP contribution in [-0.2, 0) is 20.0 Å². The maximum absolute atomic E-state index is 4.62. The van der Waals surface area contributed by atoms with E-state index in [1.165, 1.54) is 41.9 Å². The first-order valence-electron chi connectivity index (χ1n) is 7.53. The van der Waals surface area contributed by atoms with Crippen molar-refractivity contribution in [3.05, 3.63) is 47.3 Å². The van der Waals surface area contributed by atoms with Gasteiger partial charge in [0.05, 0.1) is 12.2 Å². The first-order valence-corrected chi connectivity index (χ1v) is 7.53. The molecule has 0 aliphatic carbocycles. The molecule has 2 aromatic rings. The first-order chi connectivity index (χ1) is 9.69. The van der Waals surface area contributed by atoms with E-state index in [1.54, 1.807) is 0 Å². The summed E-state index contributed by atoms with van der Waals surface area (Å²) in [5, 5.41) is 4.62. The lowest BCUT2D eigenvalue weighted by Gasteiger charge is -2.38. The topological polar surface area (TPSA) is 21.1 Å². The van der Waals surface area contributed by atoms with E-state index < -0.39 is 0 Å². The van der Waals surface area contributed by atoms with Gasteiger partial charge in [-0.05, 0) is 43.9 Å². The third kappa shape index (κ3) is 2.33. The van der Waals surface area contributed by atoms with Crippen LogP contribution in [0.25, 0.3) is 0 Å². The van der Waals surface area contributed by atoms with E-state index in [2.05, 4.69) is 54.2 Å². The van der Waals surface area contributed by atoms with E-state index in [0.29, 0.717) is 6.04 Å². The largest absolute Gasteiger partial charge is 0.362 e. The summed E-state index contributed by atoms with van der Waals surface area (Å²) < 4.78 is 1.96. The molecule has 1 aliphatic rings. The molecule has 0 bridgehead atoms. The van der Waals surface area contributed by atoms with Gasteiger partial charge in [0.25, 0.3) is 0 Å². The number of rotatable bonds is 3. The third-order valence-corrected chi connectivity index (χ3v) is 4.46. The minimum atomic E-state index is 0.632. The lowest BCUT2D eigenvalue weighted by atomic mass is 9.94. The van der Waals surface area contributed by atoms with Crippen molar-refractivity contribution in [3.63, 3.8) is 0 Å². The molecule has 20 heavy (non-hydrogen) atoms. The maximum Gasteiger partial charge on any atom is 0.0820 e. The zero-order valence-electron chi connectivity index (χ0n) is 12.6. The van der Waals surface area contributed by atoms with Crippen LogP contribution in [0.5, 0.6) is 0 Å². The molecule has 0 saturated carbocycles. The average molecular weight is 269 g/mol. The lowest BCUT2D eigenvalue weighted by Crippen LogP contribution is -2.38. The van der Waals surface area contributed by atoms with Gasteiger partial charge in [-0.3, -0.25) is 4.68 Å². The Bertz CT molecular complexity index is 581. The first kappa shape index (κ1) is 13.2. The number of benzene rings is 1. The fourth-order valence-corrected chi connectivity index (χ4v) is 3.20. The minimum absolute atomic E-state index is 0.632. The number of para-hydroxylation sites is 1. The summed E-state index contributed by atoms with van der Waals surface area (Å²) in [5.74, 6) is 0. The summed E-state index contributed by atoms with van der Waals surface area (Å²) in [4.78, 5) is 2.54. The van der Waals surface area contributed by atoms with Crippen LogP contribution < -0.4 is 4.90 Å². The SMILES string of the molecule is CCC1CCc2ccccc2N1Cc1cc(C)n(C)n1. The average Bonchev–Trinajstić information content (AvgIpc) is 2.78. The Hall–Kier alpha value is -1.77. The van der Waals surface area contributed by atoms with Crippen molar-refractivity contribution >= 4 is 5.69 Å². The van der Waals surface area contributed by atoms with E-state index in [9.17, 15) is 0 Å². The highest BCUT2D eigenvalue weighted by Crippen LogP contribution is 2.32. The van der Waals surface area contributed by atoms with Crippen molar-refractivity contribution in [2.45, 2.75) is 45.7 Å². The molecule has 106 valence electrons. The number of nitrogens with zero attached hydrogens (tertiary/aromatic N) is 3. The summed E-state index contributed by atoms with van der Waals surface area (Å²) in [5.41, 5.74) is 5.26. The monoisotopic (exact) mass is 269 g/mol. The summed E-state index contributed by atoms with van der Waals surface area (Å²) in [6.45, 7) is 5.31. The van der Waals surface area contributed by atoms with Crippen LogP contribution in [0.15, 0.2) is 30.3 Å². The lowest BCUT2D eigenvalue weighted by molar-refractivity contribution is 0.506. The highest BCUT2D eigenvalue weighted by atomic mass is 15.3. The minimum Gasteiger partial charge on any atom is -0.362 e. The Morgan fingerprint density at radius 3 is 2.80 bits per heavy atom. The molecular formula is C17H23N3. The summed E-state index contributed by atoms with van der Waals surface area (Å²) in [6, 6.07) is 11.6. The smallest absolute Gasteiger partial charge is 0.0820 e. The number of hydrogen-bond acceptors (Lipinski definition) is 2. The van der Waals surface area contributed by atoms with Gasteiger partial charge in [-0.2, -0.15) is 5.10 Å². The maximum atomic E-state index is 4.62. The molecule has 1 unspecified atom stereocenters. The standard InChI is InChI=1S/C17H23N3/c1-4-16-10-9-14-7-5-6-8-17(14)20(16)12-15-11-13(2)19(3)18-15/h5-8,11,16H,4,9-10,12H2,1-3H3. The van der Waals surface area contributed by atoms with Crippen molar-refractivity contribution in [3.8, 4) is 0 Å². The molecule has 3 rings (SSSR count). The van der Waals surface area contributed by atoms with Gasteiger partial charge in [-0.15, -0.1) is 0 Å². The van der Waals surface area contributed by atoms with Crippen LogP contribution in [0.4, 0.5) is 5.69 Å². The van der Waals surface area contributed by atoms with Crippen LogP contribution in [0.2, 0.25) is 0 Å². The van der Waals surface area contributed by atoms with E-state index in [4.69, 9.17) is 0 Å². The van der Waals surface area contributed by atoms with Crippen LogP contribution in [-0.4, -0.2) is 15.8 Å². The number of anilines is 1. The summed E-state index contributed by atoms with van der Waals surface area (Å²) in [6.07, 6.45) is 3.64. The fourth-order valence-electron chi connectivity index (χ4n) is 3.20. The molecule has 0 spiro atoms. The van der Waals surface area contributed by atoms with Gasteiger partial charge in [0.2, 0.25) is 0 Å². The molecule has 0 fully saturated rings. The zero-order chi connectivity index (χ0) is 14.1. The van der Waals surface area contributed by atoms with Crippen molar-refractivity contribution in [2.75, 3.05) is 4.90 Å². The van der Waals surface area contributed by atoms with Gasteiger partial charge in [-0.25, -0.2) is 0 Å². The van der Waals surface area contributed by atoms with Gasteiger partial charge in [0, 0.05) is 24.5 Å². The Morgan fingerprint density at radius 2 is 2.10 bits per heavy atom. The molecule has 1 aromatic heterocycles. The van der Waals surface area contributed by atoms with E-state index >= 15 is 0 Å². The molecule has 2 heterocycles. The number of hydrogen-bond donors (Lipinski definition) is 0. The molecule has 3 heteroatoms. The molecule has 0 amide bonds. The Balaban J connectivity index is 1.92. The van der Waals surface area contributed by atoms with E-state index in [0.717, 1.165) is 6.54 Å². The summed E-state index contributed by atoms with van der Waals surface area (Å²) >= 11 is 0. The molecule has 1 aliphatic heterocycles. The van der Waals surface area contributed by atoms with Crippen LogP contribution in [0.3, 0.4) is 0 Å². The Morgan fingerprint density at radius 1 is 1.30 bits per heavy atom. The second-order valence-corrected chi connectivity index (χ2v) is 5.76. The number of aryl methyl sites for hydroxylation is 3. The number of fused-ring (bicyclic) bond motifs is 1. The molecule has 3 nitrogen and oxygen atoms in total. The number of aromatic nitrogens is 2.